The molecule has 0 aromatic heterocycles. The van der Waals surface area contributed by atoms with E-state index in [-0.39, 0.29) is 24.3 Å². The smallest absolute Gasteiger partial charge is 0.239 e. The van der Waals surface area contributed by atoms with Gasteiger partial charge in [-0.1, -0.05) is 19.9 Å². The first kappa shape index (κ1) is 14.6. The molecule has 0 aromatic rings. The molecule has 2 amide bonds. The van der Waals surface area contributed by atoms with Gasteiger partial charge in [0.1, 0.15) is 0 Å². The molecule has 0 aromatic carbocycles. The molecular weight excluding hydrogens is 206 g/mol. The Morgan fingerprint density at radius 2 is 2.00 bits per heavy atom. The van der Waals surface area contributed by atoms with Gasteiger partial charge in [0.15, 0.2) is 0 Å². The molecule has 0 heterocycles. The number of hydrogen-bond acceptors (Lipinski definition) is 3. The highest BCUT2D eigenvalue weighted by atomic mass is 16.2. The van der Waals surface area contributed by atoms with Crippen LogP contribution in [0, 0.1) is 5.92 Å². The molecule has 0 saturated heterocycles. The zero-order valence-electron chi connectivity index (χ0n) is 9.95. The highest BCUT2D eigenvalue weighted by Gasteiger charge is 2.17. The second-order valence-electron chi connectivity index (χ2n) is 3.91. The molecule has 92 valence electrons. The number of hydrogen-bond donors (Lipinski definition) is 3. The standard InChI is InChI=1S/C11H21N3O2/c1-4-5-6-13-9(15)7-14-11(16)10(12)8(2)3/h4,8,10H,1,5-7,12H2,2-3H3,(H,13,15)(H,14,16)/t10-/m0/s1. The van der Waals surface area contributed by atoms with Crippen molar-refractivity contribution in [2.24, 2.45) is 11.7 Å². The number of nitrogens with two attached hydrogens (primary N) is 1. The van der Waals surface area contributed by atoms with Gasteiger partial charge in [0.05, 0.1) is 12.6 Å². The lowest BCUT2D eigenvalue weighted by Crippen LogP contribution is -2.47. The van der Waals surface area contributed by atoms with Crippen molar-refractivity contribution in [3.63, 3.8) is 0 Å². The summed E-state index contributed by atoms with van der Waals surface area (Å²) in [6.45, 7) is 7.75. The minimum absolute atomic E-state index is 0.0314. The van der Waals surface area contributed by atoms with E-state index in [9.17, 15) is 9.59 Å². The van der Waals surface area contributed by atoms with Crippen LogP contribution in [-0.4, -0.2) is 30.9 Å². The second-order valence-corrected chi connectivity index (χ2v) is 3.91. The van der Waals surface area contributed by atoms with Crippen LogP contribution in [0.25, 0.3) is 0 Å². The summed E-state index contributed by atoms with van der Waals surface area (Å²) in [5, 5.41) is 5.13. The highest BCUT2D eigenvalue weighted by Crippen LogP contribution is 1.97. The van der Waals surface area contributed by atoms with E-state index in [2.05, 4.69) is 17.2 Å². The summed E-state index contributed by atoms with van der Waals surface area (Å²) >= 11 is 0. The van der Waals surface area contributed by atoms with Crippen LogP contribution in [-0.2, 0) is 9.59 Å². The third-order valence-electron chi connectivity index (χ3n) is 2.11. The SMILES string of the molecule is C=CCCNC(=O)CNC(=O)[C@@H](N)C(C)C. The summed E-state index contributed by atoms with van der Waals surface area (Å²) < 4.78 is 0. The molecule has 0 bridgehead atoms. The first-order valence-electron chi connectivity index (χ1n) is 5.40. The van der Waals surface area contributed by atoms with E-state index >= 15 is 0 Å². The Hall–Kier alpha value is -1.36. The van der Waals surface area contributed by atoms with Crippen LogP contribution >= 0.6 is 0 Å². The Morgan fingerprint density at radius 1 is 1.38 bits per heavy atom. The molecule has 16 heavy (non-hydrogen) atoms. The topological polar surface area (TPSA) is 84.2 Å². The lowest BCUT2D eigenvalue weighted by molar-refractivity contribution is -0.127. The fraction of sp³-hybridized carbons (Fsp3) is 0.636. The first-order chi connectivity index (χ1) is 7.49. The van der Waals surface area contributed by atoms with Crippen molar-refractivity contribution in [3.05, 3.63) is 12.7 Å². The summed E-state index contributed by atoms with van der Waals surface area (Å²) in [5.41, 5.74) is 5.61. The van der Waals surface area contributed by atoms with Crippen LogP contribution in [0.1, 0.15) is 20.3 Å². The Labute approximate surface area is 96.5 Å². The van der Waals surface area contributed by atoms with Gasteiger partial charge in [-0.05, 0) is 12.3 Å². The maximum atomic E-state index is 11.4. The predicted molar refractivity (Wildman–Crippen MR) is 63.6 cm³/mol. The van der Waals surface area contributed by atoms with Gasteiger partial charge >= 0.3 is 0 Å². The van der Waals surface area contributed by atoms with E-state index in [1.807, 2.05) is 13.8 Å². The first-order valence-corrected chi connectivity index (χ1v) is 5.40. The van der Waals surface area contributed by atoms with Crippen molar-refractivity contribution in [2.75, 3.05) is 13.1 Å². The molecule has 0 unspecified atom stereocenters. The van der Waals surface area contributed by atoms with Crippen LogP contribution in [0.3, 0.4) is 0 Å². The molecule has 0 saturated carbocycles. The fourth-order valence-corrected chi connectivity index (χ4v) is 0.964. The maximum Gasteiger partial charge on any atom is 0.239 e. The van der Waals surface area contributed by atoms with Crippen LogP contribution in [0.5, 0.6) is 0 Å². The molecule has 0 fully saturated rings. The van der Waals surface area contributed by atoms with Crippen molar-refractivity contribution in [1.29, 1.82) is 0 Å². The Morgan fingerprint density at radius 3 is 2.50 bits per heavy atom. The number of carbonyl (C=O) groups excluding carboxylic acids is 2. The number of amides is 2. The molecule has 0 rings (SSSR count). The minimum atomic E-state index is -0.569. The van der Waals surface area contributed by atoms with Crippen molar-refractivity contribution in [2.45, 2.75) is 26.3 Å². The molecule has 4 N–H and O–H groups in total. The maximum absolute atomic E-state index is 11.4. The summed E-state index contributed by atoms with van der Waals surface area (Å²) in [6.07, 6.45) is 2.43. The van der Waals surface area contributed by atoms with E-state index in [0.717, 1.165) is 0 Å². The molecule has 0 radical (unpaired) electrons. The molecule has 5 heteroatoms. The number of rotatable bonds is 7. The average molecular weight is 227 g/mol. The summed E-state index contributed by atoms with van der Waals surface area (Å²) in [7, 11) is 0. The van der Waals surface area contributed by atoms with E-state index in [0.29, 0.717) is 13.0 Å². The van der Waals surface area contributed by atoms with E-state index in [1.165, 1.54) is 0 Å². The van der Waals surface area contributed by atoms with Gasteiger partial charge in [-0.3, -0.25) is 9.59 Å². The number of carbonyl (C=O) groups is 2. The molecule has 0 aliphatic heterocycles. The lowest BCUT2D eigenvalue weighted by Gasteiger charge is -2.14. The second kappa shape index (κ2) is 7.87. The average Bonchev–Trinajstić information content (AvgIpc) is 2.25. The Kier molecular flexibility index (Phi) is 7.20. The Bertz CT molecular complexity index is 252. The molecule has 0 aliphatic rings. The molecule has 1 atom stereocenters. The van der Waals surface area contributed by atoms with Crippen molar-refractivity contribution < 1.29 is 9.59 Å². The van der Waals surface area contributed by atoms with Crippen molar-refractivity contribution in [1.82, 2.24) is 10.6 Å². The van der Waals surface area contributed by atoms with Crippen molar-refractivity contribution >= 4 is 11.8 Å². The fourth-order valence-electron chi connectivity index (χ4n) is 0.964. The minimum Gasteiger partial charge on any atom is -0.354 e. The summed E-state index contributed by atoms with van der Waals surface area (Å²) in [4.78, 5) is 22.6. The van der Waals surface area contributed by atoms with Gasteiger partial charge in [0, 0.05) is 6.54 Å². The van der Waals surface area contributed by atoms with E-state index < -0.39 is 6.04 Å². The normalized spacial score (nSPS) is 12.0. The zero-order chi connectivity index (χ0) is 12.6. The predicted octanol–water partition coefficient (Wildman–Crippen LogP) is -0.222. The lowest BCUT2D eigenvalue weighted by atomic mass is 10.1. The largest absolute Gasteiger partial charge is 0.354 e. The molecular formula is C11H21N3O2. The van der Waals surface area contributed by atoms with Crippen LogP contribution in [0.2, 0.25) is 0 Å². The van der Waals surface area contributed by atoms with Gasteiger partial charge in [-0.25, -0.2) is 0 Å². The molecule has 0 spiro atoms. The van der Waals surface area contributed by atoms with Gasteiger partial charge in [-0.2, -0.15) is 0 Å². The van der Waals surface area contributed by atoms with Crippen molar-refractivity contribution in [3.8, 4) is 0 Å². The molecule has 0 aliphatic carbocycles. The quantitative estimate of drug-likeness (QED) is 0.415. The van der Waals surface area contributed by atoms with Gasteiger partial charge < -0.3 is 16.4 Å². The monoisotopic (exact) mass is 227 g/mol. The van der Waals surface area contributed by atoms with Crippen LogP contribution < -0.4 is 16.4 Å². The Balaban J connectivity index is 3.74. The zero-order valence-corrected chi connectivity index (χ0v) is 9.95. The van der Waals surface area contributed by atoms with Crippen LogP contribution in [0.4, 0.5) is 0 Å². The summed E-state index contributed by atoms with van der Waals surface area (Å²) in [5.74, 6) is -0.455. The van der Waals surface area contributed by atoms with Gasteiger partial charge in [0.2, 0.25) is 11.8 Å². The third kappa shape index (κ3) is 6.19. The van der Waals surface area contributed by atoms with E-state index in [1.54, 1.807) is 6.08 Å². The molecule has 5 nitrogen and oxygen atoms in total. The van der Waals surface area contributed by atoms with E-state index in [4.69, 9.17) is 5.73 Å². The van der Waals surface area contributed by atoms with Crippen LogP contribution in [0.15, 0.2) is 12.7 Å². The third-order valence-corrected chi connectivity index (χ3v) is 2.11. The van der Waals surface area contributed by atoms with Gasteiger partial charge in [0.25, 0.3) is 0 Å². The highest BCUT2D eigenvalue weighted by molar-refractivity contribution is 5.87. The summed E-state index contributed by atoms with van der Waals surface area (Å²) in [6, 6.07) is -0.569. The van der Waals surface area contributed by atoms with Gasteiger partial charge in [-0.15, -0.1) is 6.58 Å². The number of nitrogens with one attached hydrogen (secondary N) is 2.